The van der Waals surface area contributed by atoms with E-state index in [-0.39, 0.29) is 12.2 Å². The molecule has 0 radical (unpaired) electrons. The van der Waals surface area contributed by atoms with Gasteiger partial charge in [-0.15, -0.1) is 0 Å². The lowest BCUT2D eigenvalue weighted by Crippen LogP contribution is -2.02. The van der Waals surface area contributed by atoms with Crippen LogP contribution in [0.3, 0.4) is 0 Å². The molecule has 2 aromatic rings. The van der Waals surface area contributed by atoms with Gasteiger partial charge in [0.05, 0.1) is 11.3 Å². The summed E-state index contributed by atoms with van der Waals surface area (Å²) in [5, 5.41) is 9.22. The number of nitrogens with two attached hydrogens (primary N) is 1. The van der Waals surface area contributed by atoms with Gasteiger partial charge >= 0.3 is 0 Å². The van der Waals surface area contributed by atoms with E-state index in [1.54, 1.807) is 36.4 Å². The molecule has 0 aromatic heterocycles. The molecule has 0 saturated heterocycles. The molecule has 0 aliphatic heterocycles. The summed E-state index contributed by atoms with van der Waals surface area (Å²) in [6.07, 6.45) is 0. The highest BCUT2D eigenvalue weighted by atomic mass is 35.5. The lowest BCUT2D eigenvalue weighted by Gasteiger charge is -2.10. The molecule has 0 heterocycles. The first-order chi connectivity index (χ1) is 9.11. The molecule has 0 bridgehead atoms. The van der Waals surface area contributed by atoms with Gasteiger partial charge in [0, 0.05) is 16.7 Å². The molecule has 0 aliphatic rings. The highest BCUT2D eigenvalue weighted by Crippen LogP contribution is 2.26. The van der Waals surface area contributed by atoms with E-state index in [1.807, 2.05) is 0 Å². The molecular weight excluding hydrogens is 267 g/mol. The lowest BCUT2D eigenvalue weighted by atomic mass is 10.1. The number of rotatable bonds is 3. The number of halogens is 2. The van der Waals surface area contributed by atoms with Gasteiger partial charge in [-0.2, -0.15) is 5.26 Å². The quantitative estimate of drug-likeness (QED) is 0.873. The maximum absolute atomic E-state index is 13.8. The summed E-state index contributed by atoms with van der Waals surface area (Å²) in [6.45, 7) is -0.0219. The van der Waals surface area contributed by atoms with E-state index in [0.717, 1.165) is 0 Å². The summed E-state index contributed by atoms with van der Waals surface area (Å²) in [7, 11) is 0. The van der Waals surface area contributed by atoms with Gasteiger partial charge in [0.25, 0.3) is 0 Å². The second-order valence-corrected chi connectivity index (χ2v) is 4.30. The molecular formula is C14H10ClFN2O. The van der Waals surface area contributed by atoms with Crippen molar-refractivity contribution in [2.24, 2.45) is 0 Å². The third-order valence-corrected chi connectivity index (χ3v) is 2.79. The van der Waals surface area contributed by atoms with Crippen molar-refractivity contribution in [1.82, 2.24) is 0 Å². The van der Waals surface area contributed by atoms with Crippen molar-refractivity contribution in [3.05, 3.63) is 58.4 Å². The fourth-order valence-electron chi connectivity index (χ4n) is 1.57. The van der Waals surface area contributed by atoms with Crippen molar-refractivity contribution in [3.8, 4) is 11.8 Å². The normalized spacial score (nSPS) is 9.95. The van der Waals surface area contributed by atoms with E-state index in [0.29, 0.717) is 22.0 Å². The van der Waals surface area contributed by atoms with Gasteiger partial charge in [-0.1, -0.05) is 23.7 Å². The molecule has 2 rings (SSSR count). The molecule has 0 fully saturated rings. The highest BCUT2D eigenvalue weighted by molar-refractivity contribution is 6.30. The summed E-state index contributed by atoms with van der Waals surface area (Å²) in [4.78, 5) is 0. The van der Waals surface area contributed by atoms with Crippen LogP contribution >= 0.6 is 11.6 Å². The van der Waals surface area contributed by atoms with Crippen LogP contribution in [0.25, 0.3) is 0 Å². The molecule has 0 saturated carbocycles. The molecule has 2 N–H and O–H groups in total. The van der Waals surface area contributed by atoms with Gasteiger partial charge in [0.15, 0.2) is 0 Å². The number of hydrogen-bond acceptors (Lipinski definition) is 3. The van der Waals surface area contributed by atoms with E-state index in [1.165, 1.54) is 6.07 Å². The zero-order chi connectivity index (χ0) is 13.8. The van der Waals surface area contributed by atoms with Crippen LogP contribution in [0.4, 0.5) is 10.1 Å². The van der Waals surface area contributed by atoms with Crippen molar-refractivity contribution in [3.63, 3.8) is 0 Å². The average molecular weight is 277 g/mol. The average Bonchev–Trinajstić information content (AvgIpc) is 2.41. The Morgan fingerprint density at radius 3 is 2.84 bits per heavy atom. The molecule has 0 amide bonds. The van der Waals surface area contributed by atoms with Gasteiger partial charge in [-0.25, -0.2) is 4.39 Å². The molecule has 0 atom stereocenters. The van der Waals surface area contributed by atoms with E-state index in [9.17, 15) is 4.39 Å². The van der Waals surface area contributed by atoms with Crippen LogP contribution in [0.1, 0.15) is 11.1 Å². The molecule has 96 valence electrons. The van der Waals surface area contributed by atoms with Crippen LogP contribution in [0.2, 0.25) is 5.02 Å². The van der Waals surface area contributed by atoms with Crippen molar-refractivity contribution in [1.29, 1.82) is 5.26 Å². The second kappa shape index (κ2) is 5.59. The summed E-state index contributed by atoms with van der Waals surface area (Å²) >= 11 is 5.82. The Kier molecular flexibility index (Phi) is 3.88. The predicted molar refractivity (Wildman–Crippen MR) is 71.3 cm³/mol. The molecule has 0 unspecified atom stereocenters. The summed E-state index contributed by atoms with van der Waals surface area (Å²) in [6, 6.07) is 11.1. The summed E-state index contributed by atoms with van der Waals surface area (Å²) < 4.78 is 19.2. The number of nitrogen functional groups attached to an aromatic ring is 1. The molecule has 19 heavy (non-hydrogen) atoms. The fraction of sp³-hybridized carbons (Fsp3) is 0.0714. The van der Waals surface area contributed by atoms with Gasteiger partial charge in [0.2, 0.25) is 0 Å². The Morgan fingerprint density at radius 1 is 1.32 bits per heavy atom. The number of nitriles is 1. The number of nitrogens with zero attached hydrogens (tertiary/aromatic N) is 1. The number of ether oxygens (including phenoxy) is 1. The Balaban J connectivity index is 2.20. The minimum Gasteiger partial charge on any atom is -0.487 e. The van der Waals surface area contributed by atoms with Crippen LogP contribution in [-0.2, 0) is 6.61 Å². The third-order valence-electron chi connectivity index (χ3n) is 2.56. The summed E-state index contributed by atoms with van der Waals surface area (Å²) in [5.74, 6) is -0.195. The molecule has 0 aliphatic carbocycles. The van der Waals surface area contributed by atoms with E-state index in [4.69, 9.17) is 27.3 Å². The van der Waals surface area contributed by atoms with Crippen LogP contribution in [0, 0.1) is 17.1 Å². The zero-order valence-corrected chi connectivity index (χ0v) is 10.6. The van der Waals surface area contributed by atoms with Crippen molar-refractivity contribution >= 4 is 17.3 Å². The minimum absolute atomic E-state index is 0.0137. The Hall–Kier alpha value is -2.25. The van der Waals surface area contributed by atoms with E-state index < -0.39 is 5.82 Å². The maximum Gasteiger partial charge on any atom is 0.147 e. The third kappa shape index (κ3) is 2.95. The van der Waals surface area contributed by atoms with Gasteiger partial charge in [-0.3, -0.25) is 0 Å². The van der Waals surface area contributed by atoms with Crippen LogP contribution in [0.15, 0.2) is 36.4 Å². The molecule has 2 aromatic carbocycles. The Morgan fingerprint density at radius 2 is 2.11 bits per heavy atom. The second-order valence-electron chi connectivity index (χ2n) is 3.86. The Labute approximate surface area is 115 Å². The first kappa shape index (κ1) is 13.2. The monoisotopic (exact) mass is 276 g/mol. The molecule has 5 heteroatoms. The van der Waals surface area contributed by atoms with Gasteiger partial charge in [-0.05, 0) is 18.2 Å². The predicted octanol–water partition coefficient (Wildman–Crippen LogP) is 3.51. The largest absolute Gasteiger partial charge is 0.487 e. The fourth-order valence-corrected chi connectivity index (χ4v) is 1.73. The lowest BCUT2D eigenvalue weighted by molar-refractivity contribution is 0.301. The van der Waals surface area contributed by atoms with E-state index >= 15 is 0 Å². The van der Waals surface area contributed by atoms with Gasteiger partial charge in [0.1, 0.15) is 24.2 Å². The van der Waals surface area contributed by atoms with Crippen LogP contribution in [0.5, 0.6) is 5.75 Å². The Bertz CT molecular complexity index is 652. The smallest absolute Gasteiger partial charge is 0.147 e. The zero-order valence-electron chi connectivity index (χ0n) is 9.86. The highest BCUT2D eigenvalue weighted by Gasteiger charge is 2.09. The summed E-state index contributed by atoms with van der Waals surface area (Å²) in [5.41, 5.74) is 6.41. The minimum atomic E-state index is -0.578. The molecule has 3 nitrogen and oxygen atoms in total. The van der Waals surface area contributed by atoms with Crippen molar-refractivity contribution < 1.29 is 9.13 Å². The first-order valence-corrected chi connectivity index (χ1v) is 5.85. The number of hydrogen-bond donors (Lipinski definition) is 1. The number of benzene rings is 2. The SMILES string of the molecule is N#Cc1cccc(COc2cc(Cl)ccc2N)c1F. The van der Waals surface area contributed by atoms with Gasteiger partial charge < -0.3 is 10.5 Å². The van der Waals surface area contributed by atoms with Crippen LogP contribution < -0.4 is 10.5 Å². The maximum atomic E-state index is 13.8. The van der Waals surface area contributed by atoms with Crippen molar-refractivity contribution in [2.75, 3.05) is 5.73 Å². The first-order valence-electron chi connectivity index (χ1n) is 5.47. The topological polar surface area (TPSA) is 59.0 Å². The number of anilines is 1. The standard InChI is InChI=1S/C14H10ClFN2O/c15-11-4-5-12(18)13(6-11)19-8-10-3-1-2-9(7-17)14(10)16/h1-6H,8,18H2. The van der Waals surface area contributed by atoms with E-state index in [2.05, 4.69) is 0 Å². The molecule has 0 spiro atoms. The van der Waals surface area contributed by atoms with Crippen LogP contribution in [-0.4, -0.2) is 0 Å². The van der Waals surface area contributed by atoms with Crippen molar-refractivity contribution in [2.45, 2.75) is 6.61 Å².